The van der Waals surface area contributed by atoms with E-state index in [1.165, 1.54) is 4.31 Å². The molecule has 0 saturated carbocycles. The van der Waals surface area contributed by atoms with Gasteiger partial charge in [0.15, 0.2) is 0 Å². The average molecular weight is 415 g/mol. The maximum absolute atomic E-state index is 13.5. The van der Waals surface area contributed by atoms with E-state index in [9.17, 15) is 13.2 Å². The van der Waals surface area contributed by atoms with Crippen LogP contribution in [0.1, 0.15) is 25.3 Å². The van der Waals surface area contributed by atoms with Crippen LogP contribution in [0.25, 0.3) is 0 Å². The van der Waals surface area contributed by atoms with E-state index in [2.05, 4.69) is 4.98 Å². The lowest BCUT2D eigenvalue weighted by atomic mass is 10.1. The second-order valence-corrected chi connectivity index (χ2v) is 9.54. The molecule has 1 saturated heterocycles. The zero-order valence-corrected chi connectivity index (χ0v) is 17.5. The number of hydrogen-bond acceptors (Lipinski definition) is 5. The largest absolute Gasteiger partial charge is 0.354 e. The highest BCUT2D eigenvalue weighted by molar-refractivity contribution is 7.89. The smallest absolute Gasteiger partial charge is 0.245 e. The third kappa shape index (κ3) is 3.51. The molecule has 0 aliphatic carbocycles. The Morgan fingerprint density at radius 2 is 2.00 bits per heavy atom. The number of rotatable bonds is 4. The normalized spacial score (nSPS) is 23.2. The second-order valence-electron chi connectivity index (χ2n) is 7.63. The van der Waals surface area contributed by atoms with Crippen LogP contribution in [-0.4, -0.2) is 60.7 Å². The molecule has 1 fully saturated rings. The molecule has 1 amide bonds. The summed E-state index contributed by atoms with van der Waals surface area (Å²) < 4.78 is 28.6. The molecule has 2 aliphatic heterocycles. The predicted molar refractivity (Wildman–Crippen MR) is 111 cm³/mol. The molecule has 0 bridgehead atoms. The lowest BCUT2D eigenvalue weighted by molar-refractivity contribution is -0.130. The fraction of sp³-hybridized carbons (Fsp3) is 0.429. The fourth-order valence-electron chi connectivity index (χ4n) is 4.29. The van der Waals surface area contributed by atoms with E-state index in [0.29, 0.717) is 18.8 Å². The topological polar surface area (TPSA) is 73.8 Å². The first kappa shape index (κ1) is 19.8. The van der Waals surface area contributed by atoms with Crippen molar-refractivity contribution >= 4 is 21.6 Å². The molecule has 7 nitrogen and oxygen atoms in total. The number of aromatic nitrogens is 1. The van der Waals surface area contributed by atoms with Gasteiger partial charge in [-0.05, 0) is 43.5 Å². The summed E-state index contributed by atoms with van der Waals surface area (Å²) in [6.07, 6.45) is 4.88. The number of carbonyl (C=O) groups is 1. The standard InChI is InChI=1S/C21H26N4O3S/c1-3-23(2)21(26)19-11-10-17-15-24(14-16-7-6-12-22-13-16)29(27,28)20-9-5-4-8-18(20)25(17)19/h4-9,12-13,17,19H,3,10-11,14-15H2,1-2H3/t17-,19-/m1/s1. The molecule has 0 spiro atoms. The summed E-state index contributed by atoms with van der Waals surface area (Å²) in [4.78, 5) is 21.1. The van der Waals surface area contributed by atoms with Crippen molar-refractivity contribution in [3.63, 3.8) is 0 Å². The number of carbonyl (C=O) groups excluding carboxylic acids is 1. The average Bonchev–Trinajstić information content (AvgIpc) is 3.12. The van der Waals surface area contributed by atoms with Crippen molar-refractivity contribution in [3.8, 4) is 0 Å². The first-order valence-electron chi connectivity index (χ1n) is 9.95. The minimum atomic E-state index is -3.70. The molecule has 3 heterocycles. The fourth-order valence-corrected chi connectivity index (χ4v) is 5.94. The summed E-state index contributed by atoms with van der Waals surface area (Å²) in [6, 6.07) is 10.4. The van der Waals surface area contributed by atoms with Crippen molar-refractivity contribution in [2.75, 3.05) is 25.0 Å². The van der Waals surface area contributed by atoms with Crippen molar-refractivity contribution < 1.29 is 13.2 Å². The van der Waals surface area contributed by atoms with Gasteiger partial charge in [-0.1, -0.05) is 18.2 Å². The van der Waals surface area contributed by atoms with E-state index in [-0.39, 0.29) is 29.4 Å². The number of nitrogens with zero attached hydrogens (tertiary/aromatic N) is 4. The molecule has 1 aromatic carbocycles. The Morgan fingerprint density at radius 3 is 2.72 bits per heavy atom. The molecule has 154 valence electrons. The zero-order chi connectivity index (χ0) is 20.6. The van der Waals surface area contributed by atoms with Crippen molar-refractivity contribution in [3.05, 3.63) is 54.4 Å². The van der Waals surface area contributed by atoms with Gasteiger partial charge in [0.2, 0.25) is 15.9 Å². The number of pyridine rings is 1. The first-order valence-corrected chi connectivity index (χ1v) is 11.4. The Labute approximate surface area is 172 Å². The van der Waals surface area contributed by atoms with Crippen LogP contribution in [0.3, 0.4) is 0 Å². The van der Waals surface area contributed by atoms with Crippen molar-refractivity contribution in [2.45, 2.75) is 43.3 Å². The Kier molecular flexibility index (Phi) is 5.31. The van der Waals surface area contributed by atoms with Crippen LogP contribution in [0.4, 0.5) is 5.69 Å². The molecule has 0 radical (unpaired) electrons. The van der Waals surface area contributed by atoms with Gasteiger partial charge in [-0.15, -0.1) is 0 Å². The maximum Gasteiger partial charge on any atom is 0.245 e. The van der Waals surface area contributed by atoms with Crippen molar-refractivity contribution in [1.82, 2.24) is 14.2 Å². The van der Waals surface area contributed by atoms with Crippen molar-refractivity contribution in [2.24, 2.45) is 0 Å². The summed E-state index contributed by atoms with van der Waals surface area (Å²) in [5.41, 5.74) is 1.48. The Hall–Kier alpha value is -2.45. The summed E-state index contributed by atoms with van der Waals surface area (Å²) >= 11 is 0. The van der Waals surface area contributed by atoms with Gasteiger partial charge in [0.1, 0.15) is 10.9 Å². The zero-order valence-electron chi connectivity index (χ0n) is 16.7. The number of likely N-dealkylation sites (N-methyl/N-ethyl adjacent to an activating group) is 1. The number of sulfonamides is 1. The molecule has 0 N–H and O–H groups in total. The van der Waals surface area contributed by atoms with Crippen LogP contribution in [0.2, 0.25) is 0 Å². The lowest BCUT2D eigenvalue weighted by Crippen LogP contribution is -2.48. The third-order valence-corrected chi connectivity index (χ3v) is 7.75. The number of amides is 1. The van der Waals surface area contributed by atoms with Gasteiger partial charge in [-0.25, -0.2) is 8.42 Å². The van der Waals surface area contributed by atoms with E-state index in [1.54, 1.807) is 36.5 Å². The third-order valence-electron chi connectivity index (χ3n) is 5.90. The van der Waals surface area contributed by atoms with Crippen LogP contribution in [-0.2, 0) is 21.4 Å². The SMILES string of the molecule is CCN(C)C(=O)[C@H]1CC[C@@H]2CN(Cc3cccnc3)S(=O)(=O)c3ccccc3N21. The van der Waals surface area contributed by atoms with E-state index >= 15 is 0 Å². The second kappa shape index (κ2) is 7.76. The maximum atomic E-state index is 13.5. The minimum absolute atomic E-state index is 0.0377. The summed E-state index contributed by atoms with van der Waals surface area (Å²) in [6.45, 7) is 3.19. The summed E-state index contributed by atoms with van der Waals surface area (Å²) in [5.74, 6) is 0.0444. The lowest BCUT2D eigenvalue weighted by Gasteiger charge is -2.33. The van der Waals surface area contributed by atoms with Gasteiger partial charge in [0, 0.05) is 45.1 Å². The number of anilines is 1. The predicted octanol–water partition coefficient (Wildman–Crippen LogP) is 2.10. The molecule has 2 aromatic rings. The quantitative estimate of drug-likeness (QED) is 0.766. The van der Waals surface area contributed by atoms with Gasteiger partial charge in [0.25, 0.3) is 0 Å². The van der Waals surface area contributed by atoms with Crippen LogP contribution in [0.15, 0.2) is 53.7 Å². The van der Waals surface area contributed by atoms with Crippen LogP contribution in [0, 0.1) is 0 Å². The molecule has 0 unspecified atom stereocenters. The van der Waals surface area contributed by atoms with E-state index in [1.807, 2.05) is 36.1 Å². The summed E-state index contributed by atoms with van der Waals surface area (Å²) in [5, 5.41) is 0. The number of benzene rings is 1. The first-order chi connectivity index (χ1) is 13.9. The number of hydrogen-bond donors (Lipinski definition) is 0. The molecule has 29 heavy (non-hydrogen) atoms. The number of fused-ring (bicyclic) bond motifs is 3. The van der Waals surface area contributed by atoms with Crippen molar-refractivity contribution in [1.29, 1.82) is 0 Å². The van der Waals surface area contributed by atoms with E-state index < -0.39 is 10.0 Å². The molecule has 1 aromatic heterocycles. The molecule has 2 aliphatic rings. The minimum Gasteiger partial charge on any atom is -0.354 e. The Morgan fingerprint density at radius 1 is 1.21 bits per heavy atom. The van der Waals surface area contributed by atoms with Gasteiger partial charge in [0.05, 0.1) is 5.69 Å². The highest BCUT2D eigenvalue weighted by atomic mass is 32.2. The highest BCUT2D eigenvalue weighted by Crippen LogP contribution is 2.40. The van der Waals surface area contributed by atoms with Gasteiger partial charge in [-0.2, -0.15) is 4.31 Å². The Balaban J connectivity index is 1.77. The van der Waals surface area contributed by atoms with Gasteiger partial charge < -0.3 is 9.80 Å². The van der Waals surface area contributed by atoms with Crippen LogP contribution < -0.4 is 4.90 Å². The molecular weight excluding hydrogens is 388 g/mol. The Bertz CT molecular complexity index is 996. The number of para-hydroxylation sites is 1. The molecule has 2 atom stereocenters. The van der Waals surface area contributed by atoms with E-state index in [0.717, 1.165) is 18.4 Å². The highest BCUT2D eigenvalue weighted by Gasteiger charge is 2.45. The molecule has 4 rings (SSSR count). The van der Waals surface area contributed by atoms with E-state index in [4.69, 9.17) is 0 Å². The molecule has 8 heteroatoms. The van der Waals surface area contributed by atoms with Gasteiger partial charge in [-0.3, -0.25) is 9.78 Å². The van der Waals surface area contributed by atoms with Crippen LogP contribution >= 0.6 is 0 Å². The molecular formula is C21H26N4O3S. The monoisotopic (exact) mass is 414 g/mol. The van der Waals surface area contributed by atoms with Gasteiger partial charge >= 0.3 is 0 Å². The summed E-state index contributed by atoms with van der Waals surface area (Å²) in [7, 11) is -1.90. The van der Waals surface area contributed by atoms with Crippen LogP contribution in [0.5, 0.6) is 0 Å².